The van der Waals surface area contributed by atoms with Gasteiger partial charge in [-0.05, 0) is 18.6 Å². The molecule has 0 aliphatic heterocycles. The Hall–Kier alpha value is -0.330. The molecule has 1 unspecified atom stereocenters. The maximum atomic E-state index is 7.12. The zero-order chi connectivity index (χ0) is 9.94. The molecule has 0 saturated carbocycles. The van der Waals surface area contributed by atoms with E-state index in [0.29, 0.717) is 0 Å². The first-order valence-electron chi connectivity index (χ1n) is 5.84. The largest absolute Gasteiger partial charge is 0.313 e. The minimum atomic E-state index is 0.795. The van der Waals surface area contributed by atoms with Crippen molar-refractivity contribution >= 4 is 6.21 Å². The second kappa shape index (κ2) is 9.76. The molecule has 0 aliphatic rings. The standard InChI is InChI=1S/C12H25N/c1-3-5-7-9-12(10-11-13)8-6-4-2/h11-13H,3-10H2,1-2H3. The number of rotatable bonds is 9. The Morgan fingerprint density at radius 1 is 1.00 bits per heavy atom. The van der Waals surface area contributed by atoms with Crippen molar-refractivity contribution in [1.29, 1.82) is 5.41 Å². The van der Waals surface area contributed by atoms with E-state index in [9.17, 15) is 0 Å². The number of unbranched alkanes of at least 4 members (excludes halogenated alkanes) is 3. The molecule has 1 heteroatoms. The Kier molecular flexibility index (Phi) is 9.51. The van der Waals surface area contributed by atoms with Crippen LogP contribution in [0.5, 0.6) is 0 Å². The Bertz CT molecular complexity index is 110. The molecule has 78 valence electrons. The zero-order valence-corrected chi connectivity index (χ0v) is 9.31. The summed E-state index contributed by atoms with van der Waals surface area (Å²) in [6.07, 6.45) is 11.9. The molecule has 0 rings (SSSR count). The van der Waals surface area contributed by atoms with Gasteiger partial charge in [0.15, 0.2) is 0 Å². The second-order valence-electron chi connectivity index (χ2n) is 3.94. The summed E-state index contributed by atoms with van der Waals surface area (Å²) in [7, 11) is 0. The third kappa shape index (κ3) is 8.01. The van der Waals surface area contributed by atoms with E-state index in [1.54, 1.807) is 6.21 Å². The lowest BCUT2D eigenvalue weighted by atomic mass is 9.93. The van der Waals surface area contributed by atoms with E-state index >= 15 is 0 Å². The van der Waals surface area contributed by atoms with E-state index in [1.165, 1.54) is 44.9 Å². The van der Waals surface area contributed by atoms with Gasteiger partial charge in [0, 0.05) is 0 Å². The van der Waals surface area contributed by atoms with Gasteiger partial charge in [-0.1, -0.05) is 58.8 Å². The molecule has 13 heavy (non-hydrogen) atoms. The molecular weight excluding hydrogens is 158 g/mol. The molecule has 1 nitrogen and oxygen atoms in total. The number of hydrogen-bond acceptors (Lipinski definition) is 1. The van der Waals surface area contributed by atoms with Gasteiger partial charge >= 0.3 is 0 Å². The maximum Gasteiger partial charge on any atom is -0.00450 e. The molecule has 1 atom stereocenters. The van der Waals surface area contributed by atoms with Crippen LogP contribution in [-0.4, -0.2) is 6.21 Å². The van der Waals surface area contributed by atoms with E-state index in [4.69, 9.17) is 5.41 Å². The molecule has 0 heterocycles. The molecule has 0 aliphatic carbocycles. The molecule has 0 spiro atoms. The fraction of sp³-hybridized carbons (Fsp3) is 0.917. The molecule has 0 radical (unpaired) electrons. The van der Waals surface area contributed by atoms with Crippen molar-refractivity contribution in [3.05, 3.63) is 0 Å². The molecular formula is C12H25N. The topological polar surface area (TPSA) is 23.9 Å². The summed E-state index contributed by atoms with van der Waals surface area (Å²) in [5.74, 6) is 0.795. The van der Waals surface area contributed by atoms with Crippen LogP contribution in [0, 0.1) is 11.3 Å². The molecule has 0 amide bonds. The highest BCUT2D eigenvalue weighted by Gasteiger charge is 2.05. The molecule has 0 fully saturated rings. The average Bonchev–Trinajstić information content (AvgIpc) is 2.14. The third-order valence-corrected chi connectivity index (χ3v) is 2.63. The van der Waals surface area contributed by atoms with Crippen LogP contribution < -0.4 is 0 Å². The van der Waals surface area contributed by atoms with Gasteiger partial charge in [-0.25, -0.2) is 0 Å². The van der Waals surface area contributed by atoms with Gasteiger partial charge in [-0.15, -0.1) is 0 Å². The highest BCUT2D eigenvalue weighted by Crippen LogP contribution is 2.19. The second-order valence-corrected chi connectivity index (χ2v) is 3.94. The third-order valence-electron chi connectivity index (χ3n) is 2.63. The van der Waals surface area contributed by atoms with Crippen LogP contribution in [0.2, 0.25) is 0 Å². The summed E-state index contributed by atoms with van der Waals surface area (Å²) in [6, 6.07) is 0. The van der Waals surface area contributed by atoms with Crippen LogP contribution in [-0.2, 0) is 0 Å². The fourth-order valence-corrected chi connectivity index (χ4v) is 1.72. The Morgan fingerprint density at radius 2 is 1.62 bits per heavy atom. The summed E-state index contributed by atoms with van der Waals surface area (Å²) in [4.78, 5) is 0. The van der Waals surface area contributed by atoms with Crippen LogP contribution in [0.3, 0.4) is 0 Å². The highest BCUT2D eigenvalue weighted by molar-refractivity contribution is 5.53. The van der Waals surface area contributed by atoms with Gasteiger partial charge in [0.2, 0.25) is 0 Å². The Balaban J connectivity index is 3.47. The predicted octanol–water partition coefficient (Wildman–Crippen LogP) is 4.41. The SMILES string of the molecule is CCCCCC(CC=N)CCCC. The lowest BCUT2D eigenvalue weighted by Gasteiger charge is -2.13. The minimum Gasteiger partial charge on any atom is -0.313 e. The van der Waals surface area contributed by atoms with Crippen LogP contribution >= 0.6 is 0 Å². The normalized spacial score (nSPS) is 12.8. The van der Waals surface area contributed by atoms with Crippen molar-refractivity contribution in [2.45, 2.75) is 65.2 Å². The van der Waals surface area contributed by atoms with Crippen molar-refractivity contribution in [3.63, 3.8) is 0 Å². The van der Waals surface area contributed by atoms with Crippen molar-refractivity contribution in [2.24, 2.45) is 5.92 Å². The summed E-state index contributed by atoms with van der Waals surface area (Å²) in [5, 5.41) is 7.12. The van der Waals surface area contributed by atoms with E-state index < -0.39 is 0 Å². The average molecular weight is 183 g/mol. The molecule has 0 bridgehead atoms. The van der Waals surface area contributed by atoms with E-state index in [-0.39, 0.29) is 0 Å². The lowest BCUT2D eigenvalue weighted by molar-refractivity contribution is 0.429. The Labute approximate surface area is 83.4 Å². The van der Waals surface area contributed by atoms with Gasteiger partial charge in [0.25, 0.3) is 0 Å². The summed E-state index contributed by atoms with van der Waals surface area (Å²) < 4.78 is 0. The summed E-state index contributed by atoms with van der Waals surface area (Å²) >= 11 is 0. The molecule has 0 aromatic rings. The van der Waals surface area contributed by atoms with E-state index in [2.05, 4.69) is 13.8 Å². The first-order valence-corrected chi connectivity index (χ1v) is 5.84. The molecule has 0 aromatic carbocycles. The van der Waals surface area contributed by atoms with Crippen LogP contribution in [0.25, 0.3) is 0 Å². The summed E-state index contributed by atoms with van der Waals surface area (Å²) in [5.41, 5.74) is 0. The van der Waals surface area contributed by atoms with Gasteiger partial charge in [-0.2, -0.15) is 0 Å². The smallest absolute Gasteiger partial charge is 0.00450 e. The van der Waals surface area contributed by atoms with E-state index in [0.717, 1.165) is 12.3 Å². The quantitative estimate of drug-likeness (QED) is 0.404. The molecule has 1 N–H and O–H groups in total. The van der Waals surface area contributed by atoms with Gasteiger partial charge in [0.1, 0.15) is 0 Å². The summed E-state index contributed by atoms with van der Waals surface area (Å²) in [6.45, 7) is 4.49. The van der Waals surface area contributed by atoms with Gasteiger partial charge in [0.05, 0.1) is 0 Å². The molecule has 0 aromatic heterocycles. The number of hydrogen-bond donors (Lipinski definition) is 1. The van der Waals surface area contributed by atoms with E-state index in [1.807, 2.05) is 0 Å². The monoisotopic (exact) mass is 183 g/mol. The lowest BCUT2D eigenvalue weighted by Crippen LogP contribution is -2.01. The first kappa shape index (κ1) is 12.7. The number of nitrogens with one attached hydrogen (secondary N) is 1. The minimum absolute atomic E-state index is 0.795. The zero-order valence-electron chi connectivity index (χ0n) is 9.31. The first-order chi connectivity index (χ1) is 6.35. The predicted molar refractivity (Wildman–Crippen MR) is 60.6 cm³/mol. The molecule has 0 saturated heterocycles. The van der Waals surface area contributed by atoms with Gasteiger partial charge < -0.3 is 5.41 Å². The fourth-order valence-electron chi connectivity index (χ4n) is 1.72. The highest BCUT2D eigenvalue weighted by atomic mass is 14.3. The van der Waals surface area contributed by atoms with Crippen LogP contribution in [0.1, 0.15) is 65.2 Å². The van der Waals surface area contributed by atoms with Crippen LogP contribution in [0.4, 0.5) is 0 Å². The van der Waals surface area contributed by atoms with Crippen molar-refractivity contribution in [2.75, 3.05) is 0 Å². The van der Waals surface area contributed by atoms with Crippen LogP contribution in [0.15, 0.2) is 0 Å². The van der Waals surface area contributed by atoms with Crippen molar-refractivity contribution in [1.82, 2.24) is 0 Å². The van der Waals surface area contributed by atoms with Gasteiger partial charge in [-0.3, -0.25) is 0 Å². The maximum absolute atomic E-state index is 7.12. The van der Waals surface area contributed by atoms with Crippen molar-refractivity contribution in [3.8, 4) is 0 Å². The Morgan fingerprint density at radius 3 is 2.15 bits per heavy atom. The van der Waals surface area contributed by atoms with Crippen molar-refractivity contribution < 1.29 is 0 Å².